The van der Waals surface area contributed by atoms with E-state index in [0.717, 1.165) is 0 Å². The topological polar surface area (TPSA) is 55.6 Å². The molecular formula is C12H26N2O2. The van der Waals surface area contributed by atoms with Crippen LogP contribution in [0.5, 0.6) is 0 Å². The van der Waals surface area contributed by atoms with Crippen molar-refractivity contribution in [1.82, 2.24) is 4.90 Å². The van der Waals surface area contributed by atoms with E-state index in [0.29, 0.717) is 13.1 Å². The number of amides is 1. The van der Waals surface area contributed by atoms with Gasteiger partial charge in [0.1, 0.15) is 6.61 Å². The van der Waals surface area contributed by atoms with Gasteiger partial charge in [-0.15, -0.1) is 0 Å². The van der Waals surface area contributed by atoms with Crippen molar-refractivity contribution in [2.75, 3.05) is 26.7 Å². The number of ether oxygens (including phenoxy) is 1. The van der Waals surface area contributed by atoms with E-state index in [4.69, 9.17) is 10.5 Å². The Kier molecular flexibility index (Phi) is 5.42. The Morgan fingerprint density at radius 3 is 2.12 bits per heavy atom. The highest BCUT2D eigenvalue weighted by molar-refractivity contribution is 5.77. The molecule has 4 heteroatoms. The van der Waals surface area contributed by atoms with E-state index >= 15 is 0 Å². The molecule has 0 spiro atoms. The van der Waals surface area contributed by atoms with Crippen LogP contribution in [-0.4, -0.2) is 43.2 Å². The molecule has 0 rings (SSSR count). The summed E-state index contributed by atoms with van der Waals surface area (Å²) in [4.78, 5) is 13.4. The van der Waals surface area contributed by atoms with E-state index in [1.807, 2.05) is 34.6 Å². The van der Waals surface area contributed by atoms with Crippen LogP contribution >= 0.6 is 0 Å². The van der Waals surface area contributed by atoms with Gasteiger partial charge in [0.2, 0.25) is 5.91 Å². The third-order valence-corrected chi connectivity index (χ3v) is 2.27. The standard InChI is InChI=1S/C12H26N2O2/c1-11(2,3)16-7-10(15)14(6)9-12(4,5)8-13/h7-9,13H2,1-6H3. The van der Waals surface area contributed by atoms with Gasteiger partial charge in [0, 0.05) is 13.6 Å². The summed E-state index contributed by atoms with van der Waals surface area (Å²) in [5.74, 6) is -0.00329. The lowest BCUT2D eigenvalue weighted by atomic mass is 9.93. The molecule has 0 fully saturated rings. The lowest BCUT2D eigenvalue weighted by Gasteiger charge is -2.30. The summed E-state index contributed by atoms with van der Waals surface area (Å²) in [5, 5.41) is 0. The van der Waals surface area contributed by atoms with Crippen molar-refractivity contribution in [2.24, 2.45) is 11.1 Å². The fourth-order valence-corrected chi connectivity index (χ4v) is 1.18. The van der Waals surface area contributed by atoms with E-state index in [1.165, 1.54) is 0 Å². The largest absolute Gasteiger partial charge is 0.366 e. The molecule has 0 aromatic rings. The number of nitrogens with zero attached hydrogens (tertiary/aromatic N) is 1. The van der Waals surface area contributed by atoms with Crippen molar-refractivity contribution in [3.8, 4) is 0 Å². The highest BCUT2D eigenvalue weighted by Crippen LogP contribution is 2.14. The van der Waals surface area contributed by atoms with E-state index in [1.54, 1.807) is 11.9 Å². The Morgan fingerprint density at radius 2 is 1.75 bits per heavy atom. The zero-order valence-electron chi connectivity index (χ0n) is 11.5. The molecule has 0 saturated heterocycles. The molecule has 0 saturated carbocycles. The summed E-state index contributed by atoms with van der Waals surface area (Å²) in [7, 11) is 1.78. The van der Waals surface area contributed by atoms with Gasteiger partial charge in [0.05, 0.1) is 5.60 Å². The lowest BCUT2D eigenvalue weighted by Crippen LogP contribution is -2.42. The van der Waals surface area contributed by atoms with Crippen molar-refractivity contribution in [3.05, 3.63) is 0 Å². The number of nitrogens with two attached hydrogens (primary N) is 1. The summed E-state index contributed by atoms with van der Waals surface area (Å²) < 4.78 is 5.44. The molecule has 96 valence electrons. The number of hydrogen-bond acceptors (Lipinski definition) is 3. The SMILES string of the molecule is CN(CC(C)(C)CN)C(=O)COC(C)(C)C. The van der Waals surface area contributed by atoms with Gasteiger partial charge < -0.3 is 15.4 Å². The van der Waals surface area contributed by atoms with E-state index in [-0.39, 0.29) is 23.5 Å². The summed E-state index contributed by atoms with van der Waals surface area (Å²) in [5.41, 5.74) is 5.30. The van der Waals surface area contributed by atoms with E-state index in [2.05, 4.69) is 0 Å². The first-order valence-electron chi connectivity index (χ1n) is 5.65. The van der Waals surface area contributed by atoms with Gasteiger partial charge in [-0.05, 0) is 32.7 Å². The Labute approximate surface area is 99.1 Å². The van der Waals surface area contributed by atoms with Gasteiger partial charge >= 0.3 is 0 Å². The van der Waals surface area contributed by atoms with Crippen LogP contribution in [0, 0.1) is 5.41 Å². The molecule has 0 heterocycles. The van der Waals surface area contributed by atoms with Crippen molar-refractivity contribution >= 4 is 5.91 Å². The second-order valence-electron chi connectivity index (χ2n) is 6.02. The molecule has 0 aromatic heterocycles. The minimum absolute atomic E-state index is 0.00329. The number of likely N-dealkylation sites (N-methyl/N-ethyl adjacent to an activating group) is 1. The van der Waals surface area contributed by atoms with E-state index in [9.17, 15) is 4.79 Å². The molecule has 0 aliphatic carbocycles. The van der Waals surface area contributed by atoms with Crippen LogP contribution in [0.2, 0.25) is 0 Å². The van der Waals surface area contributed by atoms with Crippen LogP contribution in [0.1, 0.15) is 34.6 Å². The molecule has 0 aliphatic rings. The zero-order chi connectivity index (χ0) is 13.0. The molecule has 0 aliphatic heterocycles. The first kappa shape index (κ1) is 15.4. The normalized spacial score (nSPS) is 12.7. The predicted octanol–water partition coefficient (Wildman–Crippen LogP) is 1.24. The second-order valence-corrected chi connectivity index (χ2v) is 6.02. The first-order valence-corrected chi connectivity index (χ1v) is 5.65. The minimum atomic E-state index is -0.278. The summed E-state index contributed by atoms with van der Waals surface area (Å²) in [6.07, 6.45) is 0. The van der Waals surface area contributed by atoms with Crippen molar-refractivity contribution in [1.29, 1.82) is 0 Å². The molecule has 0 unspecified atom stereocenters. The molecule has 0 atom stereocenters. The van der Waals surface area contributed by atoms with Crippen LogP contribution in [-0.2, 0) is 9.53 Å². The van der Waals surface area contributed by atoms with Crippen LogP contribution in [0.4, 0.5) is 0 Å². The highest BCUT2D eigenvalue weighted by atomic mass is 16.5. The molecule has 0 bridgehead atoms. The second kappa shape index (κ2) is 5.64. The Morgan fingerprint density at radius 1 is 1.25 bits per heavy atom. The summed E-state index contributed by atoms with van der Waals surface area (Å²) >= 11 is 0. The van der Waals surface area contributed by atoms with Crippen LogP contribution < -0.4 is 5.73 Å². The Balaban J connectivity index is 4.10. The van der Waals surface area contributed by atoms with Crippen molar-refractivity contribution in [3.63, 3.8) is 0 Å². The average Bonchev–Trinajstić information content (AvgIpc) is 2.12. The molecule has 1 amide bonds. The first-order chi connectivity index (χ1) is 7.07. The quantitative estimate of drug-likeness (QED) is 0.773. The maximum atomic E-state index is 11.7. The lowest BCUT2D eigenvalue weighted by molar-refractivity contribution is -0.140. The monoisotopic (exact) mass is 230 g/mol. The Hall–Kier alpha value is -0.610. The van der Waals surface area contributed by atoms with Crippen LogP contribution in [0.15, 0.2) is 0 Å². The molecule has 2 N–H and O–H groups in total. The molecule has 0 radical (unpaired) electrons. The molecular weight excluding hydrogens is 204 g/mol. The summed E-state index contributed by atoms with van der Waals surface area (Å²) in [6, 6.07) is 0. The number of carbonyl (C=O) groups excluding carboxylic acids is 1. The summed E-state index contributed by atoms with van der Waals surface area (Å²) in [6.45, 7) is 11.2. The molecule has 4 nitrogen and oxygen atoms in total. The van der Waals surface area contributed by atoms with Crippen molar-refractivity contribution in [2.45, 2.75) is 40.2 Å². The number of hydrogen-bond donors (Lipinski definition) is 1. The third kappa shape index (κ3) is 6.80. The fraction of sp³-hybridized carbons (Fsp3) is 0.917. The van der Waals surface area contributed by atoms with Crippen molar-refractivity contribution < 1.29 is 9.53 Å². The average molecular weight is 230 g/mol. The van der Waals surface area contributed by atoms with Gasteiger partial charge in [-0.1, -0.05) is 13.8 Å². The fourth-order valence-electron chi connectivity index (χ4n) is 1.18. The van der Waals surface area contributed by atoms with Crippen LogP contribution in [0.25, 0.3) is 0 Å². The number of carbonyl (C=O) groups is 1. The Bertz CT molecular complexity index is 232. The van der Waals surface area contributed by atoms with E-state index < -0.39 is 0 Å². The van der Waals surface area contributed by atoms with Gasteiger partial charge in [-0.25, -0.2) is 0 Å². The molecule has 16 heavy (non-hydrogen) atoms. The predicted molar refractivity (Wildman–Crippen MR) is 66.2 cm³/mol. The maximum Gasteiger partial charge on any atom is 0.248 e. The number of rotatable bonds is 5. The van der Waals surface area contributed by atoms with Crippen LogP contribution in [0.3, 0.4) is 0 Å². The smallest absolute Gasteiger partial charge is 0.248 e. The highest BCUT2D eigenvalue weighted by Gasteiger charge is 2.22. The zero-order valence-corrected chi connectivity index (χ0v) is 11.5. The third-order valence-electron chi connectivity index (χ3n) is 2.27. The van der Waals surface area contributed by atoms with Gasteiger partial charge in [0.25, 0.3) is 0 Å². The van der Waals surface area contributed by atoms with Gasteiger partial charge in [0.15, 0.2) is 0 Å². The minimum Gasteiger partial charge on any atom is -0.366 e. The maximum absolute atomic E-state index is 11.7. The van der Waals surface area contributed by atoms with Gasteiger partial charge in [-0.3, -0.25) is 4.79 Å². The van der Waals surface area contributed by atoms with Gasteiger partial charge in [-0.2, -0.15) is 0 Å². The molecule has 0 aromatic carbocycles.